The van der Waals surface area contributed by atoms with Crippen molar-refractivity contribution >= 4 is 17.7 Å². The minimum absolute atomic E-state index is 0.258. The molecule has 1 aromatic carbocycles. The van der Waals surface area contributed by atoms with E-state index in [2.05, 4.69) is 24.3 Å². The minimum atomic E-state index is -0.757. The fraction of sp³-hybridized carbons (Fsp3) is 0.533. The Kier molecular flexibility index (Phi) is 4.88. The van der Waals surface area contributed by atoms with E-state index in [0.29, 0.717) is 0 Å². The van der Waals surface area contributed by atoms with E-state index in [1.807, 2.05) is 17.8 Å². The molecule has 0 saturated heterocycles. The molecule has 0 spiro atoms. The van der Waals surface area contributed by atoms with Crippen LogP contribution in [0.4, 0.5) is 0 Å². The van der Waals surface area contributed by atoms with Crippen molar-refractivity contribution in [3.8, 4) is 0 Å². The van der Waals surface area contributed by atoms with E-state index in [4.69, 9.17) is 11.5 Å². The average Bonchev–Trinajstić information content (AvgIpc) is 2.79. The van der Waals surface area contributed by atoms with Crippen LogP contribution in [0.25, 0.3) is 0 Å². The molecule has 1 aliphatic rings. The number of benzene rings is 1. The fourth-order valence-electron chi connectivity index (χ4n) is 2.82. The van der Waals surface area contributed by atoms with Gasteiger partial charge < -0.3 is 11.5 Å². The molecule has 1 fully saturated rings. The third-order valence-electron chi connectivity index (χ3n) is 4.05. The van der Waals surface area contributed by atoms with Crippen molar-refractivity contribution in [1.29, 1.82) is 0 Å². The molecule has 0 radical (unpaired) electrons. The highest BCUT2D eigenvalue weighted by Gasteiger charge is 2.43. The Morgan fingerprint density at radius 2 is 2.11 bits per heavy atom. The molecule has 19 heavy (non-hydrogen) atoms. The van der Waals surface area contributed by atoms with Gasteiger partial charge in [0.05, 0.1) is 5.54 Å². The van der Waals surface area contributed by atoms with Crippen molar-refractivity contribution in [2.24, 2.45) is 17.4 Å². The van der Waals surface area contributed by atoms with Crippen molar-refractivity contribution < 1.29 is 4.79 Å². The van der Waals surface area contributed by atoms with Crippen LogP contribution in [0.5, 0.6) is 0 Å². The number of amides is 1. The summed E-state index contributed by atoms with van der Waals surface area (Å²) in [6.45, 7) is 0. The molecule has 4 heteroatoms. The van der Waals surface area contributed by atoms with Crippen LogP contribution in [0.1, 0.15) is 31.2 Å². The maximum atomic E-state index is 11.5. The van der Waals surface area contributed by atoms with Gasteiger partial charge in [-0.15, -0.1) is 0 Å². The molecule has 4 N–H and O–H groups in total. The fourth-order valence-corrected chi connectivity index (χ4v) is 3.84. The van der Waals surface area contributed by atoms with Gasteiger partial charge >= 0.3 is 0 Å². The Hall–Kier alpha value is -1.00. The van der Waals surface area contributed by atoms with Crippen LogP contribution in [0, 0.1) is 5.92 Å². The summed E-state index contributed by atoms with van der Waals surface area (Å²) in [6, 6.07) is 10.4. The van der Waals surface area contributed by atoms with Crippen molar-refractivity contribution in [3.63, 3.8) is 0 Å². The number of primary amides is 1. The van der Waals surface area contributed by atoms with Crippen LogP contribution < -0.4 is 11.5 Å². The number of rotatable bonds is 6. The molecule has 2 rings (SSSR count). The zero-order chi connectivity index (χ0) is 13.7. The molecule has 2 unspecified atom stereocenters. The van der Waals surface area contributed by atoms with Crippen LogP contribution >= 0.6 is 11.8 Å². The molecule has 1 aliphatic carbocycles. The van der Waals surface area contributed by atoms with Crippen LogP contribution in [0.3, 0.4) is 0 Å². The van der Waals surface area contributed by atoms with Gasteiger partial charge in [-0.05, 0) is 36.5 Å². The van der Waals surface area contributed by atoms with Crippen molar-refractivity contribution in [3.05, 3.63) is 35.9 Å². The molecular weight excluding hydrogens is 256 g/mol. The van der Waals surface area contributed by atoms with Crippen molar-refractivity contribution in [2.75, 3.05) is 5.75 Å². The van der Waals surface area contributed by atoms with E-state index in [0.717, 1.165) is 37.2 Å². The lowest BCUT2D eigenvalue weighted by Crippen LogP contribution is -2.54. The molecule has 0 heterocycles. The number of carbonyl (C=O) groups is 1. The van der Waals surface area contributed by atoms with Gasteiger partial charge in [-0.25, -0.2) is 0 Å². The van der Waals surface area contributed by atoms with Gasteiger partial charge in [-0.1, -0.05) is 36.8 Å². The molecule has 1 amide bonds. The van der Waals surface area contributed by atoms with Gasteiger partial charge in [0.1, 0.15) is 0 Å². The van der Waals surface area contributed by atoms with E-state index in [-0.39, 0.29) is 11.8 Å². The highest BCUT2D eigenvalue weighted by Crippen LogP contribution is 2.36. The van der Waals surface area contributed by atoms with Gasteiger partial charge in [0, 0.05) is 5.75 Å². The number of hydrogen-bond acceptors (Lipinski definition) is 3. The topological polar surface area (TPSA) is 69.1 Å². The molecule has 1 aromatic rings. The second-order valence-electron chi connectivity index (χ2n) is 5.32. The minimum Gasteiger partial charge on any atom is -0.368 e. The van der Waals surface area contributed by atoms with Gasteiger partial charge in [0.15, 0.2) is 0 Å². The second-order valence-corrected chi connectivity index (χ2v) is 6.43. The lowest BCUT2D eigenvalue weighted by molar-refractivity contribution is -0.124. The Balaban J connectivity index is 1.75. The van der Waals surface area contributed by atoms with Crippen LogP contribution in [-0.2, 0) is 10.5 Å². The monoisotopic (exact) mass is 278 g/mol. The average molecular weight is 278 g/mol. The lowest BCUT2D eigenvalue weighted by atomic mass is 9.85. The first-order valence-corrected chi connectivity index (χ1v) is 7.99. The summed E-state index contributed by atoms with van der Waals surface area (Å²) in [5.74, 6) is 1.98. The lowest BCUT2D eigenvalue weighted by Gasteiger charge is -2.27. The molecule has 104 valence electrons. The summed E-state index contributed by atoms with van der Waals surface area (Å²) in [4.78, 5) is 11.5. The van der Waals surface area contributed by atoms with Crippen LogP contribution in [0.15, 0.2) is 30.3 Å². The summed E-state index contributed by atoms with van der Waals surface area (Å²) < 4.78 is 0. The smallest absolute Gasteiger partial charge is 0.237 e. The Labute approximate surface area is 119 Å². The Morgan fingerprint density at radius 1 is 1.37 bits per heavy atom. The van der Waals surface area contributed by atoms with E-state index in [1.54, 1.807) is 0 Å². The third kappa shape index (κ3) is 3.51. The highest BCUT2D eigenvalue weighted by atomic mass is 32.2. The first-order chi connectivity index (χ1) is 9.13. The van der Waals surface area contributed by atoms with Gasteiger partial charge in [0.2, 0.25) is 5.91 Å². The normalized spacial score (nSPS) is 26.5. The van der Waals surface area contributed by atoms with E-state index in [9.17, 15) is 4.79 Å². The summed E-state index contributed by atoms with van der Waals surface area (Å²) >= 11 is 1.90. The highest BCUT2D eigenvalue weighted by molar-refractivity contribution is 7.98. The standard InChI is InChI=1S/C15H22N2OS/c16-14(18)15(17)9-4-7-13(15)8-10-19-11-12-5-2-1-3-6-12/h1-3,5-6,13H,4,7-11,17H2,(H2,16,18). The summed E-state index contributed by atoms with van der Waals surface area (Å²) in [5, 5.41) is 0. The van der Waals surface area contributed by atoms with Crippen molar-refractivity contribution in [1.82, 2.24) is 0 Å². The summed E-state index contributed by atoms with van der Waals surface area (Å²) in [5.41, 5.74) is 12.2. The number of thioether (sulfide) groups is 1. The number of nitrogens with two attached hydrogens (primary N) is 2. The second kappa shape index (κ2) is 6.44. The number of carbonyl (C=O) groups excluding carboxylic acids is 1. The van der Waals surface area contributed by atoms with E-state index >= 15 is 0 Å². The summed E-state index contributed by atoms with van der Waals surface area (Å²) in [6.07, 6.45) is 3.78. The zero-order valence-electron chi connectivity index (χ0n) is 11.2. The molecule has 0 aromatic heterocycles. The quantitative estimate of drug-likeness (QED) is 0.784. The van der Waals surface area contributed by atoms with Gasteiger partial charge in [0.25, 0.3) is 0 Å². The van der Waals surface area contributed by atoms with E-state index in [1.165, 1.54) is 5.56 Å². The maximum absolute atomic E-state index is 11.5. The summed E-state index contributed by atoms with van der Waals surface area (Å²) in [7, 11) is 0. The first kappa shape index (κ1) is 14.4. The molecule has 0 bridgehead atoms. The van der Waals surface area contributed by atoms with Gasteiger partial charge in [-0.3, -0.25) is 4.79 Å². The zero-order valence-corrected chi connectivity index (χ0v) is 12.0. The Bertz CT molecular complexity index is 423. The largest absolute Gasteiger partial charge is 0.368 e. The molecule has 0 aliphatic heterocycles. The van der Waals surface area contributed by atoms with E-state index < -0.39 is 5.54 Å². The third-order valence-corrected chi connectivity index (χ3v) is 5.11. The Morgan fingerprint density at radius 3 is 2.79 bits per heavy atom. The maximum Gasteiger partial charge on any atom is 0.237 e. The predicted octanol–water partition coefficient (Wildman–Crippen LogP) is 2.29. The number of hydrogen-bond donors (Lipinski definition) is 2. The van der Waals surface area contributed by atoms with Crippen LogP contribution in [-0.4, -0.2) is 17.2 Å². The first-order valence-electron chi connectivity index (χ1n) is 6.83. The molecule has 2 atom stereocenters. The van der Waals surface area contributed by atoms with Crippen LogP contribution in [0.2, 0.25) is 0 Å². The van der Waals surface area contributed by atoms with Crippen molar-refractivity contribution in [2.45, 2.75) is 37.0 Å². The molecular formula is C15H22N2OS. The van der Waals surface area contributed by atoms with Gasteiger partial charge in [-0.2, -0.15) is 11.8 Å². The predicted molar refractivity (Wildman–Crippen MR) is 80.7 cm³/mol. The molecule has 3 nitrogen and oxygen atoms in total. The SMILES string of the molecule is NC(=O)C1(N)CCCC1CCSCc1ccccc1. The molecule has 1 saturated carbocycles.